The molecule has 1 saturated heterocycles. The Labute approximate surface area is 148 Å². The quantitative estimate of drug-likeness (QED) is 0.818. The lowest BCUT2D eigenvalue weighted by molar-refractivity contribution is -0.133. The van der Waals surface area contributed by atoms with Crippen LogP contribution in [0.3, 0.4) is 0 Å². The molecule has 1 aliphatic heterocycles. The summed E-state index contributed by atoms with van der Waals surface area (Å²) in [5.74, 6) is 0.837. The Kier molecular flexibility index (Phi) is 5.27. The minimum Gasteiger partial charge on any atom is -0.492 e. The largest absolute Gasteiger partial charge is 0.492 e. The third kappa shape index (κ3) is 3.49. The van der Waals surface area contributed by atoms with Gasteiger partial charge < -0.3 is 19.7 Å². The first-order chi connectivity index (χ1) is 12.1. The van der Waals surface area contributed by atoms with Gasteiger partial charge in [0.15, 0.2) is 0 Å². The number of amides is 2. The van der Waals surface area contributed by atoms with Gasteiger partial charge in [-0.3, -0.25) is 9.59 Å². The number of carbonyl (C=O) groups is 2. The summed E-state index contributed by atoms with van der Waals surface area (Å²) in [6.07, 6.45) is 3.75. The van der Waals surface area contributed by atoms with Crippen LogP contribution < -0.4 is 10.1 Å². The van der Waals surface area contributed by atoms with Crippen molar-refractivity contribution in [3.63, 3.8) is 0 Å². The fraction of sp³-hybridized carbons (Fsp3) is 0.579. The smallest absolute Gasteiger partial charge is 0.258 e. The van der Waals surface area contributed by atoms with Crippen molar-refractivity contribution in [3.8, 4) is 5.75 Å². The van der Waals surface area contributed by atoms with Crippen molar-refractivity contribution in [1.82, 2.24) is 10.2 Å². The Morgan fingerprint density at radius 1 is 1.32 bits per heavy atom. The Hall–Kier alpha value is -2.08. The molecular weight excluding hydrogens is 320 g/mol. The molecule has 25 heavy (non-hydrogen) atoms. The van der Waals surface area contributed by atoms with Gasteiger partial charge >= 0.3 is 0 Å². The molecule has 2 amide bonds. The minimum absolute atomic E-state index is 0.176. The number of rotatable bonds is 7. The average Bonchev–Trinajstić information content (AvgIpc) is 3.37. The number of hydrogen-bond acceptors (Lipinski definition) is 4. The lowest BCUT2D eigenvalue weighted by atomic mass is 9.95. The zero-order valence-electron chi connectivity index (χ0n) is 14.9. The molecule has 1 aromatic rings. The topological polar surface area (TPSA) is 67.9 Å². The van der Waals surface area contributed by atoms with Crippen LogP contribution in [0.15, 0.2) is 24.3 Å². The van der Waals surface area contributed by atoms with Gasteiger partial charge in [0.2, 0.25) is 5.91 Å². The summed E-state index contributed by atoms with van der Waals surface area (Å²) in [6.45, 7) is 1.36. The number of para-hydroxylation sites is 1. The molecule has 1 heterocycles. The highest BCUT2D eigenvalue weighted by Gasteiger charge is 2.50. The molecule has 0 bridgehead atoms. The number of methoxy groups -OCH3 is 1. The van der Waals surface area contributed by atoms with Crippen LogP contribution in [0.4, 0.5) is 0 Å². The van der Waals surface area contributed by atoms with E-state index in [1.165, 1.54) is 12.8 Å². The van der Waals surface area contributed by atoms with Gasteiger partial charge in [-0.15, -0.1) is 0 Å². The predicted molar refractivity (Wildman–Crippen MR) is 93.6 cm³/mol. The van der Waals surface area contributed by atoms with Crippen molar-refractivity contribution in [2.75, 3.05) is 33.9 Å². The lowest BCUT2D eigenvalue weighted by Crippen LogP contribution is -2.59. The number of nitrogens with zero attached hydrogens (tertiary/aromatic N) is 1. The highest BCUT2D eigenvalue weighted by Crippen LogP contribution is 2.34. The van der Waals surface area contributed by atoms with Gasteiger partial charge in [0.05, 0.1) is 18.8 Å². The molecule has 1 atom stereocenters. The van der Waals surface area contributed by atoms with E-state index in [9.17, 15) is 9.59 Å². The van der Waals surface area contributed by atoms with Crippen LogP contribution in [0.2, 0.25) is 0 Å². The second-order valence-electron chi connectivity index (χ2n) is 6.85. The molecule has 1 saturated carbocycles. The monoisotopic (exact) mass is 346 g/mol. The predicted octanol–water partition coefficient (Wildman–Crippen LogP) is 1.84. The van der Waals surface area contributed by atoms with Crippen molar-refractivity contribution in [2.24, 2.45) is 5.92 Å². The van der Waals surface area contributed by atoms with E-state index in [2.05, 4.69) is 5.32 Å². The van der Waals surface area contributed by atoms with E-state index < -0.39 is 5.54 Å². The zero-order valence-corrected chi connectivity index (χ0v) is 14.9. The number of benzene rings is 1. The van der Waals surface area contributed by atoms with Crippen LogP contribution in [-0.2, 0) is 9.53 Å². The second kappa shape index (κ2) is 7.44. The van der Waals surface area contributed by atoms with Gasteiger partial charge in [0.25, 0.3) is 5.91 Å². The molecule has 3 rings (SSSR count). The molecule has 0 spiro atoms. The minimum atomic E-state index is -0.954. The Morgan fingerprint density at radius 2 is 2.08 bits per heavy atom. The summed E-state index contributed by atoms with van der Waals surface area (Å²) in [6, 6.07) is 7.28. The lowest BCUT2D eigenvalue weighted by Gasteiger charge is -2.36. The molecule has 136 valence electrons. The van der Waals surface area contributed by atoms with Crippen LogP contribution in [0, 0.1) is 5.92 Å². The van der Waals surface area contributed by atoms with E-state index in [0.29, 0.717) is 36.8 Å². The second-order valence-corrected chi connectivity index (χ2v) is 6.85. The summed E-state index contributed by atoms with van der Waals surface area (Å²) >= 11 is 0. The van der Waals surface area contributed by atoms with E-state index in [1.807, 2.05) is 18.2 Å². The van der Waals surface area contributed by atoms with Gasteiger partial charge in [-0.05, 0) is 43.7 Å². The first-order valence-electron chi connectivity index (χ1n) is 8.87. The van der Waals surface area contributed by atoms with Crippen molar-refractivity contribution in [1.29, 1.82) is 0 Å². The average molecular weight is 346 g/mol. The van der Waals surface area contributed by atoms with Gasteiger partial charge in [-0.25, -0.2) is 0 Å². The number of nitrogens with one attached hydrogen (secondary N) is 1. The van der Waals surface area contributed by atoms with Crippen molar-refractivity contribution in [3.05, 3.63) is 29.8 Å². The summed E-state index contributed by atoms with van der Waals surface area (Å²) < 4.78 is 11.2. The maximum absolute atomic E-state index is 13.2. The van der Waals surface area contributed by atoms with E-state index in [-0.39, 0.29) is 18.4 Å². The summed E-state index contributed by atoms with van der Waals surface area (Å²) in [5, 5.41) is 2.69. The van der Waals surface area contributed by atoms with E-state index in [1.54, 1.807) is 25.1 Å². The first-order valence-corrected chi connectivity index (χ1v) is 8.87. The number of likely N-dealkylation sites (tertiary alicyclic amines) is 1. The fourth-order valence-corrected chi connectivity index (χ4v) is 3.50. The maximum atomic E-state index is 13.2. The van der Waals surface area contributed by atoms with Gasteiger partial charge in [-0.2, -0.15) is 0 Å². The molecule has 6 heteroatoms. The third-order valence-electron chi connectivity index (χ3n) is 5.06. The molecule has 1 N–H and O–H groups in total. The van der Waals surface area contributed by atoms with Crippen LogP contribution in [-0.4, -0.2) is 56.2 Å². The Balaban J connectivity index is 1.87. The van der Waals surface area contributed by atoms with Crippen molar-refractivity contribution >= 4 is 11.8 Å². The van der Waals surface area contributed by atoms with Crippen LogP contribution in [0.25, 0.3) is 0 Å². The molecule has 2 aliphatic rings. The Bertz CT molecular complexity index is 644. The Morgan fingerprint density at radius 3 is 2.76 bits per heavy atom. The number of likely N-dealkylation sites (N-methyl/N-ethyl adjacent to an activating group) is 1. The number of hydrogen-bond donors (Lipinski definition) is 1. The number of ether oxygens (including phenoxy) is 2. The summed E-state index contributed by atoms with van der Waals surface area (Å²) in [5.41, 5.74) is -0.445. The molecule has 0 radical (unpaired) electrons. The summed E-state index contributed by atoms with van der Waals surface area (Å²) in [7, 11) is 3.14. The maximum Gasteiger partial charge on any atom is 0.258 e. The van der Waals surface area contributed by atoms with Gasteiger partial charge in [-0.1, -0.05) is 12.1 Å². The highest BCUT2D eigenvalue weighted by molar-refractivity contribution is 6.01. The van der Waals surface area contributed by atoms with Crippen molar-refractivity contribution < 1.29 is 19.1 Å². The van der Waals surface area contributed by atoms with Crippen LogP contribution in [0.1, 0.15) is 36.0 Å². The molecule has 6 nitrogen and oxygen atoms in total. The standard InChI is InChI=1S/C19H26N2O4/c1-20-18(23)19(13-24-2)10-5-11-21(19)17(22)15-6-3-4-7-16(15)25-12-14-8-9-14/h3-4,6-7,14H,5,8-13H2,1-2H3,(H,20,23). The summed E-state index contributed by atoms with van der Waals surface area (Å²) in [4.78, 5) is 27.5. The zero-order chi connectivity index (χ0) is 17.9. The molecule has 2 fully saturated rings. The van der Waals surface area contributed by atoms with E-state index in [0.717, 1.165) is 6.42 Å². The molecule has 0 aromatic heterocycles. The van der Waals surface area contributed by atoms with Crippen LogP contribution >= 0.6 is 0 Å². The van der Waals surface area contributed by atoms with Crippen LogP contribution in [0.5, 0.6) is 5.75 Å². The van der Waals surface area contributed by atoms with Crippen molar-refractivity contribution in [2.45, 2.75) is 31.2 Å². The van der Waals surface area contributed by atoms with Gasteiger partial charge in [0.1, 0.15) is 11.3 Å². The third-order valence-corrected chi connectivity index (χ3v) is 5.06. The molecule has 1 aromatic carbocycles. The highest BCUT2D eigenvalue weighted by atomic mass is 16.5. The fourth-order valence-electron chi connectivity index (χ4n) is 3.50. The van der Waals surface area contributed by atoms with E-state index in [4.69, 9.17) is 9.47 Å². The number of carbonyl (C=O) groups excluding carboxylic acids is 2. The normalized spacial score (nSPS) is 22.7. The van der Waals surface area contributed by atoms with Gasteiger partial charge in [0, 0.05) is 20.7 Å². The first kappa shape index (κ1) is 17.7. The molecule has 1 aliphatic carbocycles. The van der Waals surface area contributed by atoms with E-state index >= 15 is 0 Å². The molecule has 1 unspecified atom stereocenters. The SMILES string of the molecule is CNC(=O)C1(COC)CCCN1C(=O)c1ccccc1OCC1CC1. The molecular formula is C19H26N2O4.